The smallest absolute Gasteiger partial charge is 0.346 e. The molecule has 0 aliphatic carbocycles. The molecule has 0 saturated heterocycles. The van der Waals surface area contributed by atoms with Gasteiger partial charge in [-0.2, -0.15) is 5.26 Å². The number of nitriles is 1. The SMILES string of the molecule is COc1cc(Br)c(C=C(C#N)C(=O)O)cc1OC. The zero-order valence-electron chi connectivity index (χ0n) is 9.73. The monoisotopic (exact) mass is 311 g/mol. The second-order valence-electron chi connectivity index (χ2n) is 3.20. The summed E-state index contributed by atoms with van der Waals surface area (Å²) in [5.41, 5.74) is 0.162. The van der Waals surface area contributed by atoms with Crippen molar-refractivity contribution in [2.75, 3.05) is 14.2 Å². The van der Waals surface area contributed by atoms with Crippen LogP contribution < -0.4 is 9.47 Å². The quantitative estimate of drug-likeness (QED) is 0.682. The van der Waals surface area contributed by atoms with Crippen LogP contribution in [0.4, 0.5) is 0 Å². The molecule has 0 aliphatic rings. The first-order chi connectivity index (χ1) is 8.53. The number of benzene rings is 1. The maximum absolute atomic E-state index is 10.8. The highest BCUT2D eigenvalue weighted by Gasteiger charge is 2.11. The van der Waals surface area contributed by atoms with Crippen LogP contribution in [0.25, 0.3) is 6.08 Å². The Morgan fingerprint density at radius 3 is 2.39 bits per heavy atom. The Balaban J connectivity index is 3.35. The van der Waals surface area contributed by atoms with Gasteiger partial charge in [0.25, 0.3) is 0 Å². The molecule has 0 bridgehead atoms. The van der Waals surface area contributed by atoms with Gasteiger partial charge in [-0.1, -0.05) is 15.9 Å². The van der Waals surface area contributed by atoms with Crippen LogP contribution in [0.5, 0.6) is 11.5 Å². The molecule has 18 heavy (non-hydrogen) atoms. The number of nitrogens with zero attached hydrogens (tertiary/aromatic N) is 1. The summed E-state index contributed by atoms with van der Waals surface area (Å²) < 4.78 is 10.8. The lowest BCUT2D eigenvalue weighted by atomic mass is 10.1. The number of halogens is 1. The van der Waals surface area contributed by atoms with Crippen molar-refractivity contribution in [1.82, 2.24) is 0 Å². The first-order valence-corrected chi connectivity index (χ1v) is 5.59. The molecule has 94 valence electrons. The van der Waals surface area contributed by atoms with Crippen LogP contribution >= 0.6 is 15.9 Å². The van der Waals surface area contributed by atoms with Gasteiger partial charge in [-0.15, -0.1) is 0 Å². The van der Waals surface area contributed by atoms with Gasteiger partial charge in [-0.3, -0.25) is 0 Å². The van der Waals surface area contributed by atoms with E-state index in [0.29, 0.717) is 21.5 Å². The molecule has 0 heterocycles. The van der Waals surface area contributed by atoms with Crippen LogP contribution in [0.3, 0.4) is 0 Å². The molecule has 0 fully saturated rings. The fourth-order valence-corrected chi connectivity index (χ4v) is 1.71. The fourth-order valence-electron chi connectivity index (χ4n) is 1.28. The Labute approximate surface area is 112 Å². The van der Waals surface area contributed by atoms with Gasteiger partial charge in [-0.05, 0) is 23.8 Å². The molecule has 1 N–H and O–H groups in total. The van der Waals surface area contributed by atoms with Crippen molar-refractivity contribution in [3.05, 3.63) is 27.7 Å². The number of carbonyl (C=O) groups is 1. The number of methoxy groups -OCH3 is 2. The highest BCUT2D eigenvalue weighted by molar-refractivity contribution is 9.10. The minimum absolute atomic E-state index is 0.358. The maximum atomic E-state index is 10.8. The largest absolute Gasteiger partial charge is 0.493 e. The number of carboxylic acid groups (broad SMARTS) is 1. The second-order valence-corrected chi connectivity index (χ2v) is 4.06. The molecule has 0 aromatic heterocycles. The van der Waals surface area contributed by atoms with Crippen LogP contribution in [0, 0.1) is 11.3 Å². The Morgan fingerprint density at radius 2 is 1.94 bits per heavy atom. The Kier molecular flexibility index (Phi) is 4.75. The molecular weight excluding hydrogens is 302 g/mol. The van der Waals surface area contributed by atoms with E-state index >= 15 is 0 Å². The van der Waals surface area contributed by atoms with Gasteiger partial charge in [0.15, 0.2) is 11.5 Å². The van der Waals surface area contributed by atoms with Gasteiger partial charge in [-0.25, -0.2) is 4.79 Å². The van der Waals surface area contributed by atoms with E-state index in [-0.39, 0.29) is 5.57 Å². The average Bonchev–Trinajstić information content (AvgIpc) is 2.36. The molecular formula is C12H10BrNO4. The number of hydrogen-bond acceptors (Lipinski definition) is 4. The van der Waals surface area contributed by atoms with Crippen molar-refractivity contribution in [2.24, 2.45) is 0 Å². The van der Waals surface area contributed by atoms with Crippen molar-refractivity contribution in [3.63, 3.8) is 0 Å². The number of rotatable bonds is 4. The van der Waals surface area contributed by atoms with Crippen LogP contribution in [-0.4, -0.2) is 25.3 Å². The summed E-state index contributed by atoms with van der Waals surface area (Å²) in [7, 11) is 2.97. The van der Waals surface area contributed by atoms with Gasteiger partial charge in [0.2, 0.25) is 0 Å². The third-order valence-electron chi connectivity index (χ3n) is 2.15. The van der Waals surface area contributed by atoms with Crippen LogP contribution in [0.15, 0.2) is 22.2 Å². The summed E-state index contributed by atoms with van der Waals surface area (Å²) in [4.78, 5) is 10.8. The maximum Gasteiger partial charge on any atom is 0.346 e. The first-order valence-electron chi connectivity index (χ1n) is 4.80. The van der Waals surface area contributed by atoms with E-state index in [4.69, 9.17) is 19.8 Å². The lowest BCUT2D eigenvalue weighted by Crippen LogP contribution is -1.98. The molecule has 0 saturated carbocycles. The summed E-state index contributed by atoms with van der Waals surface area (Å²) >= 11 is 3.28. The van der Waals surface area contributed by atoms with E-state index in [2.05, 4.69) is 15.9 Å². The number of ether oxygens (including phenoxy) is 2. The number of aliphatic carboxylic acids is 1. The summed E-state index contributed by atoms with van der Waals surface area (Å²) in [6, 6.07) is 4.84. The lowest BCUT2D eigenvalue weighted by Gasteiger charge is -2.09. The fraction of sp³-hybridized carbons (Fsp3) is 0.167. The van der Waals surface area contributed by atoms with Gasteiger partial charge in [0.1, 0.15) is 11.6 Å². The van der Waals surface area contributed by atoms with Gasteiger partial charge in [0.05, 0.1) is 14.2 Å². The normalized spacial score (nSPS) is 10.7. The summed E-state index contributed by atoms with van der Waals surface area (Å²) in [5, 5.41) is 17.5. The van der Waals surface area contributed by atoms with E-state index in [9.17, 15) is 4.79 Å². The van der Waals surface area contributed by atoms with Gasteiger partial charge in [0, 0.05) is 4.47 Å². The number of carboxylic acids is 1. The minimum Gasteiger partial charge on any atom is -0.493 e. The Bertz CT molecular complexity index is 546. The molecule has 0 radical (unpaired) electrons. The predicted molar refractivity (Wildman–Crippen MR) is 68.5 cm³/mol. The molecule has 0 unspecified atom stereocenters. The molecule has 0 amide bonds. The van der Waals surface area contributed by atoms with Crippen LogP contribution in [-0.2, 0) is 4.79 Å². The van der Waals surface area contributed by atoms with E-state index in [1.807, 2.05) is 0 Å². The zero-order chi connectivity index (χ0) is 13.7. The first kappa shape index (κ1) is 14.1. The standard InChI is InChI=1S/C12H10BrNO4/c1-17-10-4-7(3-8(6-14)12(15)16)9(13)5-11(10)18-2/h3-5H,1-2H3,(H,15,16). The molecule has 5 nitrogen and oxygen atoms in total. The molecule has 0 atom stereocenters. The highest BCUT2D eigenvalue weighted by Crippen LogP contribution is 2.34. The average molecular weight is 312 g/mol. The minimum atomic E-state index is -1.28. The van der Waals surface area contributed by atoms with Crippen LogP contribution in [0.1, 0.15) is 5.56 Å². The second kappa shape index (κ2) is 6.07. The molecule has 0 spiro atoms. The van der Waals surface area contributed by atoms with Crippen molar-refractivity contribution in [3.8, 4) is 17.6 Å². The molecule has 6 heteroatoms. The number of hydrogen-bond donors (Lipinski definition) is 1. The molecule has 1 aromatic carbocycles. The third kappa shape index (κ3) is 3.02. The highest BCUT2D eigenvalue weighted by atomic mass is 79.9. The predicted octanol–water partition coefficient (Wildman–Crippen LogP) is 2.46. The van der Waals surface area contributed by atoms with E-state index in [0.717, 1.165) is 0 Å². The Hall–Kier alpha value is -2.00. The topological polar surface area (TPSA) is 79.5 Å². The van der Waals surface area contributed by atoms with Gasteiger partial charge < -0.3 is 14.6 Å². The van der Waals surface area contributed by atoms with Crippen molar-refractivity contribution < 1.29 is 19.4 Å². The van der Waals surface area contributed by atoms with Crippen molar-refractivity contribution in [2.45, 2.75) is 0 Å². The zero-order valence-corrected chi connectivity index (χ0v) is 11.3. The summed E-state index contributed by atoms with van der Waals surface area (Å²) in [6.45, 7) is 0. The third-order valence-corrected chi connectivity index (χ3v) is 2.84. The molecule has 1 aromatic rings. The van der Waals surface area contributed by atoms with Crippen LogP contribution in [0.2, 0.25) is 0 Å². The lowest BCUT2D eigenvalue weighted by molar-refractivity contribution is -0.132. The summed E-state index contributed by atoms with van der Waals surface area (Å²) in [5.74, 6) is -0.316. The van der Waals surface area contributed by atoms with Gasteiger partial charge >= 0.3 is 5.97 Å². The van der Waals surface area contributed by atoms with Crippen molar-refractivity contribution >= 4 is 28.0 Å². The molecule has 1 rings (SSSR count). The van der Waals surface area contributed by atoms with E-state index < -0.39 is 5.97 Å². The molecule has 0 aliphatic heterocycles. The summed E-state index contributed by atoms with van der Waals surface area (Å²) in [6.07, 6.45) is 1.26. The van der Waals surface area contributed by atoms with E-state index in [1.165, 1.54) is 20.3 Å². The van der Waals surface area contributed by atoms with E-state index in [1.54, 1.807) is 18.2 Å². The van der Waals surface area contributed by atoms with Crippen molar-refractivity contribution in [1.29, 1.82) is 5.26 Å². The Morgan fingerprint density at radius 1 is 1.39 bits per heavy atom.